The van der Waals surface area contributed by atoms with Crippen LogP contribution in [0, 0.1) is 11.3 Å². The van der Waals surface area contributed by atoms with E-state index in [0.717, 1.165) is 22.9 Å². The lowest BCUT2D eigenvalue weighted by molar-refractivity contribution is 0.573. The van der Waals surface area contributed by atoms with E-state index in [4.69, 9.17) is 9.68 Å². The molecule has 2 aromatic carbocycles. The average molecular weight is 475 g/mol. The van der Waals surface area contributed by atoms with Crippen molar-refractivity contribution in [2.24, 2.45) is 5.10 Å². The summed E-state index contributed by atoms with van der Waals surface area (Å²) < 4.78 is 8.03. The Morgan fingerprint density at radius 1 is 1.19 bits per heavy atom. The summed E-state index contributed by atoms with van der Waals surface area (Å²) in [6, 6.07) is 18.3. The molecule has 0 aliphatic carbocycles. The van der Waals surface area contributed by atoms with Gasteiger partial charge in [0, 0.05) is 16.5 Å². The standard InChI is InChI=1S/C24H19BrN4O2/c1-2-3-4-23-28-21-11-9-18(25)13-20(21)24(30)29(23)27-15-19-10-12-22(31-19)17-7-5-16(14-26)6-8-17/h5-13,15H,2-4H2,1H3. The third-order valence-electron chi connectivity index (χ3n) is 4.86. The summed E-state index contributed by atoms with van der Waals surface area (Å²) in [4.78, 5) is 17.8. The van der Waals surface area contributed by atoms with E-state index < -0.39 is 0 Å². The molecule has 31 heavy (non-hydrogen) atoms. The van der Waals surface area contributed by atoms with Crippen molar-refractivity contribution in [3.63, 3.8) is 0 Å². The van der Waals surface area contributed by atoms with E-state index in [2.05, 4.69) is 39.0 Å². The number of hydrogen-bond donors (Lipinski definition) is 0. The first-order valence-electron chi connectivity index (χ1n) is 9.95. The molecule has 4 rings (SSSR count). The summed E-state index contributed by atoms with van der Waals surface area (Å²) in [7, 11) is 0. The molecule has 0 atom stereocenters. The summed E-state index contributed by atoms with van der Waals surface area (Å²) in [5.74, 6) is 1.80. The van der Waals surface area contributed by atoms with E-state index in [1.54, 1.807) is 24.3 Å². The second kappa shape index (κ2) is 9.11. The molecule has 0 aliphatic heterocycles. The maximum absolute atomic E-state index is 13.1. The van der Waals surface area contributed by atoms with Crippen LogP contribution >= 0.6 is 15.9 Å². The fraction of sp³-hybridized carbons (Fsp3) is 0.167. The zero-order chi connectivity index (χ0) is 21.8. The molecule has 6 nitrogen and oxygen atoms in total. The SMILES string of the molecule is CCCCc1nc2ccc(Br)cc2c(=O)n1N=Cc1ccc(-c2ccc(C#N)cc2)o1. The molecule has 154 valence electrons. The highest BCUT2D eigenvalue weighted by molar-refractivity contribution is 9.10. The van der Waals surface area contributed by atoms with Crippen molar-refractivity contribution in [2.75, 3.05) is 0 Å². The zero-order valence-corrected chi connectivity index (χ0v) is 18.5. The summed E-state index contributed by atoms with van der Waals surface area (Å²) in [6.45, 7) is 2.09. The molecule has 0 aliphatic rings. The van der Waals surface area contributed by atoms with Crippen LogP contribution in [0.1, 0.15) is 36.9 Å². The van der Waals surface area contributed by atoms with E-state index >= 15 is 0 Å². The number of aromatic nitrogens is 2. The van der Waals surface area contributed by atoms with Crippen molar-refractivity contribution < 1.29 is 4.42 Å². The van der Waals surface area contributed by atoms with Crippen LogP contribution in [0.2, 0.25) is 0 Å². The Labute approximate surface area is 187 Å². The van der Waals surface area contributed by atoms with Crippen molar-refractivity contribution in [2.45, 2.75) is 26.2 Å². The molecule has 0 N–H and O–H groups in total. The van der Waals surface area contributed by atoms with Crippen molar-refractivity contribution in [1.82, 2.24) is 9.66 Å². The smallest absolute Gasteiger partial charge is 0.282 e. The number of nitrogens with zero attached hydrogens (tertiary/aromatic N) is 4. The second-order valence-electron chi connectivity index (χ2n) is 7.05. The maximum atomic E-state index is 13.1. The zero-order valence-electron chi connectivity index (χ0n) is 16.9. The van der Waals surface area contributed by atoms with Crippen LogP contribution in [0.25, 0.3) is 22.2 Å². The minimum atomic E-state index is -0.215. The quantitative estimate of drug-likeness (QED) is 0.344. The molecule has 2 heterocycles. The number of benzene rings is 2. The Hall–Kier alpha value is -3.50. The van der Waals surface area contributed by atoms with Gasteiger partial charge >= 0.3 is 0 Å². The lowest BCUT2D eigenvalue weighted by Gasteiger charge is -2.08. The average Bonchev–Trinajstić information content (AvgIpc) is 3.26. The van der Waals surface area contributed by atoms with Crippen LogP contribution in [0.3, 0.4) is 0 Å². The number of rotatable bonds is 6. The Kier molecular flexibility index (Phi) is 6.10. The molecule has 0 fully saturated rings. The van der Waals surface area contributed by atoms with Crippen LogP contribution in [0.5, 0.6) is 0 Å². The third kappa shape index (κ3) is 4.49. The first-order valence-corrected chi connectivity index (χ1v) is 10.7. The number of hydrogen-bond acceptors (Lipinski definition) is 5. The second-order valence-corrected chi connectivity index (χ2v) is 7.96. The molecule has 2 aromatic heterocycles. The predicted molar refractivity (Wildman–Crippen MR) is 124 cm³/mol. The van der Waals surface area contributed by atoms with Gasteiger partial charge in [0.1, 0.15) is 17.3 Å². The van der Waals surface area contributed by atoms with Gasteiger partial charge in [-0.2, -0.15) is 15.0 Å². The minimum Gasteiger partial charge on any atom is -0.455 e. The molecule has 0 saturated heterocycles. The van der Waals surface area contributed by atoms with Crippen LogP contribution < -0.4 is 5.56 Å². The molecule has 0 unspecified atom stereocenters. The number of nitriles is 1. The Balaban J connectivity index is 1.70. The summed E-state index contributed by atoms with van der Waals surface area (Å²) in [5, 5.41) is 13.8. The first kappa shape index (κ1) is 20.8. The fourth-order valence-corrected chi connectivity index (χ4v) is 3.57. The van der Waals surface area contributed by atoms with Gasteiger partial charge < -0.3 is 4.42 Å². The molecule has 7 heteroatoms. The highest BCUT2D eigenvalue weighted by Crippen LogP contribution is 2.22. The summed E-state index contributed by atoms with van der Waals surface area (Å²) in [5.41, 5.74) is 1.89. The molecule has 4 aromatic rings. The topological polar surface area (TPSA) is 84.2 Å². The van der Waals surface area contributed by atoms with Gasteiger partial charge in [-0.3, -0.25) is 4.79 Å². The lowest BCUT2D eigenvalue weighted by Crippen LogP contribution is -2.22. The molecule has 0 bridgehead atoms. The van der Waals surface area contributed by atoms with Gasteiger partial charge in [-0.05, 0) is 61.0 Å². The predicted octanol–water partition coefficient (Wildman–Crippen LogP) is 5.52. The first-order chi connectivity index (χ1) is 15.1. The van der Waals surface area contributed by atoms with E-state index in [9.17, 15) is 4.79 Å². The minimum absolute atomic E-state index is 0.215. The number of unbranched alkanes of at least 4 members (excludes halogenated alkanes) is 1. The van der Waals surface area contributed by atoms with Gasteiger partial charge in [0.15, 0.2) is 0 Å². The molecular weight excluding hydrogens is 456 g/mol. The number of halogens is 1. The van der Waals surface area contributed by atoms with E-state index in [-0.39, 0.29) is 5.56 Å². The van der Waals surface area contributed by atoms with E-state index in [0.29, 0.717) is 40.2 Å². The highest BCUT2D eigenvalue weighted by atomic mass is 79.9. The van der Waals surface area contributed by atoms with Gasteiger partial charge in [-0.1, -0.05) is 29.3 Å². The van der Waals surface area contributed by atoms with Crippen LogP contribution in [0.15, 0.2) is 73.4 Å². The third-order valence-corrected chi connectivity index (χ3v) is 5.35. The Morgan fingerprint density at radius 2 is 2.00 bits per heavy atom. The van der Waals surface area contributed by atoms with Crippen molar-refractivity contribution in [1.29, 1.82) is 5.26 Å². The number of fused-ring (bicyclic) bond motifs is 1. The van der Waals surface area contributed by atoms with Crippen LogP contribution in [-0.4, -0.2) is 15.9 Å². The van der Waals surface area contributed by atoms with Gasteiger partial charge in [0.05, 0.1) is 28.8 Å². The molecule has 0 saturated carbocycles. The number of furan rings is 1. The lowest BCUT2D eigenvalue weighted by atomic mass is 10.1. The monoisotopic (exact) mass is 474 g/mol. The molecule has 0 amide bonds. The number of aryl methyl sites for hydroxylation is 1. The van der Waals surface area contributed by atoms with Crippen LogP contribution in [0.4, 0.5) is 0 Å². The largest absolute Gasteiger partial charge is 0.455 e. The van der Waals surface area contributed by atoms with Gasteiger partial charge in [-0.15, -0.1) is 0 Å². The van der Waals surface area contributed by atoms with E-state index in [1.165, 1.54) is 10.9 Å². The van der Waals surface area contributed by atoms with Gasteiger partial charge in [0.25, 0.3) is 5.56 Å². The highest BCUT2D eigenvalue weighted by Gasteiger charge is 2.11. The molecular formula is C24H19BrN4O2. The van der Waals surface area contributed by atoms with Crippen molar-refractivity contribution in [3.8, 4) is 17.4 Å². The Bertz CT molecular complexity index is 1360. The molecule has 0 spiro atoms. The van der Waals surface area contributed by atoms with Crippen molar-refractivity contribution in [3.05, 3.63) is 86.6 Å². The van der Waals surface area contributed by atoms with Crippen molar-refractivity contribution >= 4 is 33.0 Å². The normalized spacial score (nSPS) is 11.3. The molecule has 0 radical (unpaired) electrons. The van der Waals surface area contributed by atoms with Gasteiger partial charge in [0.2, 0.25) is 0 Å². The van der Waals surface area contributed by atoms with Gasteiger partial charge in [-0.25, -0.2) is 4.98 Å². The summed E-state index contributed by atoms with van der Waals surface area (Å²) in [6.07, 6.45) is 4.08. The summed E-state index contributed by atoms with van der Waals surface area (Å²) >= 11 is 3.41. The fourth-order valence-electron chi connectivity index (χ4n) is 3.21. The van der Waals surface area contributed by atoms with Crippen LogP contribution in [-0.2, 0) is 6.42 Å². The maximum Gasteiger partial charge on any atom is 0.282 e. The Morgan fingerprint density at radius 3 is 2.74 bits per heavy atom. The van der Waals surface area contributed by atoms with E-state index in [1.807, 2.05) is 30.3 Å².